The van der Waals surface area contributed by atoms with E-state index in [9.17, 15) is 0 Å². The number of aromatic amines is 1. The number of fused-ring (bicyclic) bond motifs is 3. The third-order valence-electron chi connectivity index (χ3n) is 3.15. The molecule has 0 unspecified atom stereocenters. The molecule has 3 rings (SSSR count). The zero-order valence-electron chi connectivity index (χ0n) is 9.90. The van der Waals surface area contributed by atoms with Crippen molar-refractivity contribution in [2.45, 2.75) is 19.8 Å². The maximum atomic E-state index is 3.53. The topological polar surface area (TPSA) is 46.3 Å². The van der Waals surface area contributed by atoms with Crippen LogP contribution in [-0.2, 0) is 6.42 Å². The average molecular weight is 223 g/mol. The van der Waals surface area contributed by atoms with Crippen LogP contribution in [-0.4, -0.2) is 4.98 Å². The van der Waals surface area contributed by atoms with Gasteiger partial charge in [-0.15, -0.1) is 0 Å². The van der Waals surface area contributed by atoms with Crippen molar-refractivity contribution < 1.29 is 0 Å². The number of benzene rings is 2. The summed E-state index contributed by atoms with van der Waals surface area (Å²) >= 11 is 0. The lowest BCUT2D eigenvalue weighted by Crippen LogP contribution is -1.84. The summed E-state index contributed by atoms with van der Waals surface area (Å²) < 4.78 is 0. The van der Waals surface area contributed by atoms with Crippen molar-refractivity contribution in [2.75, 3.05) is 0 Å². The molecule has 17 heavy (non-hydrogen) atoms. The first-order valence-corrected chi connectivity index (χ1v) is 5.88. The molecule has 0 saturated heterocycles. The number of aromatic nitrogens is 1. The highest BCUT2D eigenvalue weighted by molar-refractivity contribution is 6.08. The van der Waals surface area contributed by atoms with Crippen LogP contribution in [0, 0.1) is 0 Å². The van der Waals surface area contributed by atoms with Crippen molar-refractivity contribution in [2.24, 2.45) is 0 Å². The highest BCUT2D eigenvalue weighted by Crippen LogP contribution is 2.27. The van der Waals surface area contributed by atoms with Gasteiger partial charge in [0.2, 0.25) is 0 Å². The van der Waals surface area contributed by atoms with Crippen LogP contribution in [0.3, 0.4) is 0 Å². The van der Waals surface area contributed by atoms with E-state index in [-0.39, 0.29) is 6.15 Å². The van der Waals surface area contributed by atoms with E-state index in [0.29, 0.717) is 0 Å². The Bertz CT molecular complexity index is 638. The summed E-state index contributed by atoms with van der Waals surface area (Å²) in [6.45, 7) is 2.22. The molecule has 2 heteroatoms. The molecule has 3 radical (unpaired) electrons. The Morgan fingerprint density at radius 1 is 0.941 bits per heavy atom. The van der Waals surface area contributed by atoms with Gasteiger partial charge in [0.05, 0.1) is 0 Å². The second kappa shape index (κ2) is 4.60. The molecule has 0 aliphatic carbocycles. The number of rotatable bonds is 2. The predicted molar refractivity (Wildman–Crippen MR) is 71.9 cm³/mol. The van der Waals surface area contributed by atoms with Gasteiger partial charge in [-0.05, 0) is 18.1 Å². The monoisotopic (exact) mass is 223 g/mol. The number of para-hydroxylation sites is 2. The quantitative estimate of drug-likeness (QED) is 0.687. The van der Waals surface area contributed by atoms with Crippen molar-refractivity contribution >= 4 is 21.8 Å². The third-order valence-corrected chi connectivity index (χ3v) is 3.15. The molecule has 0 fully saturated rings. The molecule has 1 heterocycles. The zero-order valence-corrected chi connectivity index (χ0v) is 9.90. The van der Waals surface area contributed by atoms with Gasteiger partial charge in [-0.2, -0.15) is 0 Å². The molecule has 1 aromatic heterocycles. The van der Waals surface area contributed by atoms with E-state index >= 15 is 0 Å². The minimum atomic E-state index is 0. The number of aryl methyl sites for hydroxylation is 1. The van der Waals surface area contributed by atoms with E-state index in [2.05, 4.69) is 54.4 Å². The average Bonchev–Trinajstić information content (AvgIpc) is 2.69. The summed E-state index contributed by atoms with van der Waals surface area (Å²) in [7, 11) is 0. The van der Waals surface area contributed by atoms with Gasteiger partial charge < -0.3 is 4.98 Å². The normalized spacial score (nSPS) is 10.6. The lowest BCUT2D eigenvalue weighted by molar-refractivity contribution is 0.927. The molecule has 0 bridgehead atoms. The maximum absolute atomic E-state index is 3.53. The van der Waals surface area contributed by atoms with Crippen LogP contribution < -0.4 is 6.15 Å². The van der Waals surface area contributed by atoms with E-state index in [1.54, 1.807) is 0 Å². The molecular formula is C15H15N2. The van der Waals surface area contributed by atoms with Crippen molar-refractivity contribution in [3.63, 3.8) is 0 Å². The first-order valence-electron chi connectivity index (χ1n) is 5.88. The Balaban J connectivity index is 0.00000108. The molecule has 1 N–H and O–H groups in total. The first-order chi connectivity index (χ1) is 7.90. The Labute approximate surface area is 101 Å². The summed E-state index contributed by atoms with van der Waals surface area (Å²) in [5, 5.41) is 2.68. The maximum Gasteiger partial charge on any atom is 0.0497 e. The zero-order chi connectivity index (χ0) is 11.0. The Hall–Kier alpha value is -1.80. The molecule has 0 saturated carbocycles. The summed E-state index contributed by atoms with van der Waals surface area (Å²) in [5.74, 6) is 0. The smallest absolute Gasteiger partial charge is 0.0497 e. The van der Waals surface area contributed by atoms with Gasteiger partial charge in [0.1, 0.15) is 0 Å². The molecule has 2 nitrogen and oxygen atoms in total. The third kappa shape index (κ3) is 1.81. The van der Waals surface area contributed by atoms with Gasteiger partial charge >= 0.3 is 0 Å². The fourth-order valence-electron chi connectivity index (χ4n) is 2.41. The van der Waals surface area contributed by atoms with Crippen LogP contribution in [0.2, 0.25) is 0 Å². The van der Waals surface area contributed by atoms with Gasteiger partial charge in [0, 0.05) is 28.0 Å². The lowest BCUT2D eigenvalue weighted by Gasteiger charge is -2.00. The van der Waals surface area contributed by atoms with E-state index in [0.717, 1.165) is 6.42 Å². The van der Waals surface area contributed by atoms with Crippen LogP contribution in [0.15, 0.2) is 42.5 Å². The SMILES string of the molecule is CCCc1cccc2c1[nH]c1ccccc12.[N]. The highest BCUT2D eigenvalue weighted by atomic mass is 14.7. The Morgan fingerprint density at radius 2 is 1.71 bits per heavy atom. The van der Waals surface area contributed by atoms with Crippen molar-refractivity contribution in [3.05, 3.63) is 48.0 Å². The van der Waals surface area contributed by atoms with E-state index in [4.69, 9.17) is 0 Å². The second-order valence-corrected chi connectivity index (χ2v) is 4.26. The van der Waals surface area contributed by atoms with Crippen LogP contribution in [0.25, 0.3) is 21.8 Å². The van der Waals surface area contributed by atoms with Crippen LogP contribution >= 0.6 is 0 Å². The summed E-state index contributed by atoms with van der Waals surface area (Å²) in [4.78, 5) is 3.53. The van der Waals surface area contributed by atoms with Crippen LogP contribution in [0.1, 0.15) is 18.9 Å². The predicted octanol–water partition coefficient (Wildman–Crippen LogP) is 3.79. The largest absolute Gasteiger partial charge is 0.354 e. The molecule has 85 valence electrons. The van der Waals surface area contributed by atoms with Gasteiger partial charge in [0.25, 0.3) is 0 Å². The number of H-pyrrole nitrogens is 1. The summed E-state index contributed by atoms with van der Waals surface area (Å²) in [6, 6.07) is 15.1. The minimum Gasteiger partial charge on any atom is -0.354 e. The van der Waals surface area contributed by atoms with Crippen LogP contribution in [0.4, 0.5) is 0 Å². The molecule has 2 aromatic carbocycles. The molecule has 0 atom stereocenters. The fourth-order valence-corrected chi connectivity index (χ4v) is 2.41. The van der Waals surface area contributed by atoms with Crippen molar-refractivity contribution in [1.82, 2.24) is 11.1 Å². The molecule has 0 spiro atoms. The van der Waals surface area contributed by atoms with Crippen molar-refractivity contribution in [1.29, 1.82) is 0 Å². The number of nitrogens with one attached hydrogen (secondary N) is 1. The van der Waals surface area contributed by atoms with E-state index < -0.39 is 0 Å². The Kier molecular flexibility index (Phi) is 3.16. The minimum absolute atomic E-state index is 0. The molecule has 0 amide bonds. The molecule has 0 aliphatic heterocycles. The fraction of sp³-hybridized carbons (Fsp3) is 0.200. The number of hydrogen-bond acceptors (Lipinski definition) is 0. The van der Waals surface area contributed by atoms with Gasteiger partial charge in [-0.3, -0.25) is 0 Å². The lowest BCUT2D eigenvalue weighted by atomic mass is 10.1. The summed E-state index contributed by atoms with van der Waals surface area (Å²) in [6.07, 6.45) is 2.33. The van der Waals surface area contributed by atoms with Gasteiger partial charge in [-0.25, -0.2) is 0 Å². The van der Waals surface area contributed by atoms with E-state index in [1.807, 2.05) is 0 Å². The second-order valence-electron chi connectivity index (χ2n) is 4.26. The molecule has 3 aromatic rings. The van der Waals surface area contributed by atoms with Crippen LogP contribution in [0.5, 0.6) is 0 Å². The van der Waals surface area contributed by atoms with E-state index in [1.165, 1.54) is 33.8 Å². The highest BCUT2D eigenvalue weighted by Gasteiger charge is 2.06. The molecule has 0 aliphatic rings. The van der Waals surface area contributed by atoms with Gasteiger partial charge in [-0.1, -0.05) is 49.7 Å². The Morgan fingerprint density at radius 3 is 2.53 bits per heavy atom. The summed E-state index contributed by atoms with van der Waals surface area (Å²) in [5.41, 5.74) is 3.97. The molecular weight excluding hydrogens is 208 g/mol. The number of hydrogen-bond donors (Lipinski definition) is 1. The van der Waals surface area contributed by atoms with Gasteiger partial charge in [0.15, 0.2) is 0 Å². The number of nitrogens with zero attached hydrogens (tertiary/aromatic N) is 1. The standard InChI is InChI=1S/C15H15N.N/c1-2-6-11-7-5-9-13-12-8-3-4-10-14(12)16-15(11)13;/h3-5,7-10,16H,2,6H2,1H3;. The first kappa shape index (κ1) is 11.7. The van der Waals surface area contributed by atoms with Crippen molar-refractivity contribution in [3.8, 4) is 0 Å².